The van der Waals surface area contributed by atoms with Crippen LogP contribution < -0.4 is 0 Å². The first-order valence-corrected chi connectivity index (χ1v) is 10.6. The molecule has 0 aliphatic carbocycles. The van der Waals surface area contributed by atoms with Crippen LogP contribution in [0, 0.1) is 5.82 Å². The Morgan fingerprint density at radius 1 is 1.06 bits per heavy atom. The van der Waals surface area contributed by atoms with E-state index in [9.17, 15) is 9.18 Å². The number of carboxylic acids is 1. The summed E-state index contributed by atoms with van der Waals surface area (Å²) >= 11 is 6.47. The second-order valence-electron chi connectivity index (χ2n) is 7.37. The minimum atomic E-state index is -0.993. The van der Waals surface area contributed by atoms with Crippen LogP contribution in [0.25, 0.3) is 28.1 Å². The molecule has 0 fully saturated rings. The minimum absolute atomic E-state index is 0.363. The van der Waals surface area contributed by atoms with Gasteiger partial charge in [-0.3, -0.25) is 0 Å². The second-order valence-corrected chi connectivity index (χ2v) is 7.78. The highest BCUT2D eigenvalue weighted by Gasteiger charge is 2.17. The number of carbonyl (C=O) groups is 1. The van der Waals surface area contributed by atoms with Gasteiger partial charge in [-0.25, -0.2) is 9.18 Å². The summed E-state index contributed by atoms with van der Waals surface area (Å²) in [7, 11) is 0. The molecule has 0 unspecified atom stereocenters. The number of hydrogen-bond donors (Lipinski definition) is 2. The van der Waals surface area contributed by atoms with Crippen LogP contribution in [0.4, 0.5) is 4.39 Å². The van der Waals surface area contributed by atoms with E-state index in [2.05, 4.69) is 18.0 Å². The first kappa shape index (κ1) is 21.6. The van der Waals surface area contributed by atoms with Crippen LogP contribution in [0.1, 0.15) is 35.6 Å². The van der Waals surface area contributed by atoms with Crippen molar-refractivity contribution in [3.8, 4) is 0 Å². The molecule has 0 aliphatic rings. The predicted molar refractivity (Wildman–Crippen MR) is 129 cm³/mol. The molecule has 3 aromatic carbocycles. The number of aromatic amines is 1. The van der Waals surface area contributed by atoms with Crippen molar-refractivity contribution < 1.29 is 14.3 Å². The molecule has 1 heterocycles. The second kappa shape index (κ2) is 9.25. The molecular formula is C27H21ClFNO2. The molecule has 0 saturated carbocycles. The smallest absolute Gasteiger partial charge is 0.328 e. The van der Waals surface area contributed by atoms with Crippen LogP contribution in [-0.2, 0) is 4.79 Å². The third-order valence-electron chi connectivity index (χ3n) is 5.39. The van der Waals surface area contributed by atoms with Crippen molar-refractivity contribution in [3.63, 3.8) is 0 Å². The Hall–Kier alpha value is -3.63. The summed E-state index contributed by atoms with van der Waals surface area (Å²) in [4.78, 5) is 14.1. The minimum Gasteiger partial charge on any atom is -0.478 e. The average Bonchev–Trinajstić information content (AvgIpc) is 3.26. The number of allylic oxidation sites excluding steroid dienone is 1. The zero-order valence-electron chi connectivity index (χ0n) is 17.4. The van der Waals surface area contributed by atoms with E-state index in [4.69, 9.17) is 16.7 Å². The van der Waals surface area contributed by atoms with Crippen LogP contribution in [0.5, 0.6) is 0 Å². The summed E-state index contributed by atoms with van der Waals surface area (Å²) in [5.74, 6) is -1.37. The topological polar surface area (TPSA) is 53.1 Å². The maximum Gasteiger partial charge on any atom is 0.328 e. The fourth-order valence-electron chi connectivity index (χ4n) is 3.96. The van der Waals surface area contributed by atoms with Gasteiger partial charge in [-0.05, 0) is 70.2 Å². The highest BCUT2D eigenvalue weighted by molar-refractivity contribution is 6.32. The molecule has 160 valence electrons. The zero-order chi connectivity index (χ0) is 22.7. The number of fused-ring (bicyclic) bond motifs is 1. The first-order chi connectivity index (χ1) is 15.5. The van der Waals surface area contributed by atoms with Gasteiger partial charge in [-0.1, -0.05) is 61.0 Å². The van der Waals surface area contributed by atoms with Gasteiger partial charge in [-0.15, -0.1) is 0 Å². The van der Waals surface area contributed by atoms with Gasteiger partial charge >= 0.3 is 5.97 Å². The molecule has 2 N–H and O–H groups in total. The van der Waals surface area contributed by atoms with Crippen LogP contribution in [0.15, 0.2) is 79.0 Å². The Bertz CT molecular complexity index is 1350. The molecule has 0 radical (unpaired) electrons. The van der Waals surface area contributed by atoms with E-state index in [-0.39, 0.29) is 5.82 Å². The Morgan fingerprint density at radius 3 is 2.53 bits per heavy atom. The van der Waals surface area contributed by atoms with Gasteiger partial charge in [0.1, 0.15) is 5.82 Å². The summed E-state index contributed by atoms with van der Waals surface area (Å²) in [6.07, 6.45) is 5.26. The molecule has 4 aromatic rings. The fourth-order valence-corrected chi connectivity index (χ4v) is 4.24. The Balaban J connectivity index is 1.98. The molecule has 32 heavy (non-hydrogen) atoms. The summed E-state index contributed by atoms with van der Waals surface area (Å²) in [6, 6.07) is 20.3. The largest absolute Gasteiger partial charge is 0.478 e. The van der Waals surface area contributed by atoms with Crippen LogP contribution in [-0.4, -0.2) is 16.1 Å². The number of aromatic nitrogens is 1. The quantitative estimate of drug-likeness (QED) is 0.239. The van der Waals surface area contributed by atoms with Crippen molar-refractivity contribution in [1.82, 2.24) is 4.98 Å². The standard InChI is InChI=1S/C27H21ClFNO2/c1-2-20(21-12-11-19(29)16-24(21)28)27(23-4-3-5-25-22(23)14-15-30-25)18-9-6-17(7-10-18)8-13-26(31)32/h3-16,30H,2H2,1H3,(H,31,32)/b13-8+,27-20?. The van der Waals surface area contributed by atoms with Crippen molar-refractivity contribution in [3.05, 3.63) is 112 Å². The Kier molecular flexibility index (Phi) is 6.24. The lowest BCUT2D eigenvalue weighted by Gasteiger charge is -2.18. The van der Waals surface area contributed by atoms with E-state index in [1.807, 2.05) is 48.7 Å². The third-order valence-corrected chi connectivity index (χ3v) is 5.71. The molecule has 0 bridgehead atoms. The number of hydrogen-bond acceptors (Lipinski definition) is 1. The maximum absolute atomic E-state index is 13.7. The normalized spacial score (nSPS) is 12.3. The van der Waals surface area contributed by atoms with Gasteiger partial charge in [0, 0.05) is 23.2 Å². The molecule has 0 amide bonds. The number of rotatable bonds is 6. The van der Waals surface area contributed by atoms with Crippen LogP contribution in [0.2, 0.25) is 5.02 Å². The van der Waals surface area contributed by atoms with Crippen LogP contribution in [0.3, 0.4) is 0 Å². The molecule has 1 aromatic heterocycles. The molecule has 3 nitrogen and oxygen atoms in total. The number of nitrogens with one attached hydrogen (secondary N) is 1. The molecule has 4 rings (SSSR count). The molecule has 5 heteroatoms. The van der Waals surface area contributed by atoms with Gasteiger partial charge in [0.05, 0.1) is 5.02 Å². The van der Waals surface area contributed by atoms with Gasteiger partial charge in [0.2, 0.25) is 0 Å². The number of benzene rings is 3. The van der Waals surface area contributed by atoms with Gasteiger partial charge in [0.25, 0.3) is 0 Å². The lowest BCUT2D eigenvalue weighted by Crippen LogP contribution is -1.97. The number of aliphatic carboxylic acids is 1. The molecule has 0 saturated heterocycles. The Labute approximate surface area is 190 Å². The summed E-state index contributed by atoms with van der Waals surface area (Å²) in [5.41, 5.74) is 6.58. The van der Waals surface area contributed by atoms with Crippen molar-refractivity contribution in [1.29, 1.82) is 0 Å². The molecule has 0 aliphatic heterocycles. The summed E-state index contributed by atoms with van der Waals surface area (Å²) < 4.78 is 13.7. The van der Waals surface area contributed by atoms with Crippen molar-refractivity contribution in [2.45, 2.75) is 13.3 Å². The van der Waals surface area contributed by atoms with Crippen LogP contribution >= 0.6 is 11.6 Å². The van der Waals surface area contributed by atoms with Crippen molar-refractivity contribution >= 4 is 45.7 Å². The fraction of sp³-hybridized carbons (Fsp3) is 0.0741. The average molecular weight is 446 g/mol. The van der Waals surface area contributed by atoms with E-state index in [0.29, 0.717) is 11.4 Å². The number of carboxylic acid groups (broad SMARTS) is 1. The van der Waals surface area contributed by atoms with E-state index in [0.717, 1.165) is 50.4 Å². The Morgan fingerprint density at radius 2 is 1.84 bits per heavy atom. The predicted octanol–water partition coefficient (Wildman–Crippen LogP) is 7.43. The first-order valence-electron chi connectivity index (χ1n) is 10.2. The summed E-state index contributed by atoms with van der Waals surface area (Å²) in [5, 5.41) is 10.3. The molecule has 0 atom stereocenters. The zero-order valence-corrected chi connectivity index (χ0v) is 18.2. The highest BCUT2D eigenvalue weighted by Crippen LogP contribution is 2.39. The SMILES string of the molecule is CCC(=C(c1ccc(/C=C/C(=O)O)cc1)c1cccc2[nH]ccc12)c1ccc(F)cc1Cl. The lowest BCUT2D eigenvalue weighted by molar-refractivity contribution is -0.131. The van der Waals surface area contributed by atoms with E-state index < -0.39 is 5.97 Å². The molecular weight excluding hydrogens is 425 g/mol. The van der Waals surface area contributed by atoms with E-state index in [1.54, 1.807) is 12.1 Å². The van der Waals surface area contributed by atoms with Crippen molar-refractivity contribution in [2.75, 3.05) is 0 Å². The van der Waals surface area contributed by atoms with E-state index in [1.165, 1.54) is 12.1 Å². The number of halogens is 2. The monoisotopic (exact) mass is 445 g/mol. The summed E-state index contributed by atoms with van der Waals surface area (Å²) in [6.45, 7) is 2.05. The lowest BCUT2D eigenvalue weighted by atomic mass is 9.86. The van der Waals surface area contributed by atoms with Crippen molar-refractivity contribution in [2.24, 2.45) is 0 Å². The molecule has 0 spiro atoms. The van der Waals surface area contributed by atoms with Gasteiger partial charge in [-0.2, -0.15) is 0 Å². The van der Waals surface area contributed by atoms with Gasteiger partial charge in [0.15, 0.2) is 0 Å². The van der Waals surface area contributed by atoms with Gasteiger partial charge < -0.3 is 10.1 Å². The van der Waals surface area contributed by atoms with E-state index >= 15 is 0 Å². The third kappa shape index (κ3) is 4.36. The highest BCUT2D eigenvalue weighted by atomic mass is 35.5. The number of H-pyrrole nitrogens is 1. The maximum atomic E-state index is 13.7.